The minimum Gasteiger partial charge on any atom is -0.463 e. The van der Waals surface area contributed by atoms with Crippen molar-refractivity contribution in [1.82, 2.24) is 0 Å². The third-order valence-electron chi connectivity index (χ3n) is 2.20. The van der Waals surface area contributed by atoms with E-state index in [1.807, 2.05) is 25.1 Å². The van der Waals surface area contributed by atoms with E-state index in [2.05, 4.69) is 0 Å². The fourth-order valence-electron chi connectivity index (χ4n) is 1.37. The number of esters is 1. The van der Waals surface area contributed by atoms with Crippen LogP contribution >= 0.6 is 0 Å². The van der Waals surface area contributed by atoms with Crippen molar-refractivity contribution in [2.75, 3.05) is 6.61 Å². The molecule has 0 bridgehead atoms. The van der Waals surface area contributed by atoms with Gasteiger partial charge in [0.15, 0.2) is 0 Å². The van der Waals surface area contributed by atoms with Gasteiger partial charge in [0.05, 0.1) is 13.2 Å². The first kappa shape index (κ1) is 12.5. The number of carbonyl (C=O) groups excluding carboxylic acids is 1. The summed E-state index contributed by atoms with van der Waals surface area (Å²) in [5, 5.41) is 8.95. The Morgan fingerprint density at radius 1 is 1.50 bits per heavy atom. The Kier molecular flexibility index (Phi) is 4.73. The molecule has 86 valence electrons. The highest BCUT2D eigenvalue weighted by Crippen LogP contribution is 2.12. The minimum atomic E-state index is -0.340. The Balaban J connectivity index is 2.78. The molecule has 0 unspecified atom stereocenters. The van der Waals surface area contributed by atoms with Crippen LogP contribution in [0.2, 0.25) is 0 Å². The number of carbonyl (C=O) groups is 1. The molecular formula is C13H16O3. The zero-order valence-electron chi connectivity index (χ0n) is 9.56. The highest BCUT2D eigenvalue weighted by atomic mass is 16.5. The van der Waals surface area contributed by atoms with E-state index >= 15 is 0 Å². The molecule has 0 aromatic heterocycles. The lowest BCUT2D eigenvalue weighted by molar-refractivity contribution is -0.137. The SMILES string of the molecule is CCOC(=O)C=Cc1ccc(CO)cc1C. The second kappa shape index (κ2) is 6.08. The molecule has 0 aliphatic rings. The first-order valence-electron chi connectivity index (χ1n) is 5.22. The summed E-state index contributed by atoms with van der Waals surface area (Å²) >= 11 is 0. The summed E-state index contributed by atoms with van der Waals surface area (Å²) < 4.78 is 4.78. The first-order valence-corrected chi connectivity index (χ1v) is 5.22. The molecule has 16 heavy (non-hydrogen) atoms. The third kappa shape index (κ3) is 3.51. The molecule has 3 nitrogen and oxygen atoms in total. The molecule has 3 heteroatoms. The van der Waals surface area contributed by atoms with E-state index in [9.17, 15) is 4.79 Å². The Hall–Kier alpha value is -1.61. The van der Waals surface area contributed by atoms with Crippen LogP contribution in [0.4, 0.5) is 0 Å². The van der Waals surface area contributed by atoms with Gasteiger partial charge >= 0.3 is 5.97 Å². The lowest BCUT2D eigenvalue weighted by atomic mass is 10.1. The van der Waals surface area contributed by atoms with Gasteiger partial charge in [0.25, 0.3) is 0 Å². The zero-order valence-corrected chi connectivity index (χ0v) is 9.56. The van der Waals surface area contributed by atoms with Crippen molar-refractivity contribution in [1.29, 1.82) is 0 Å². The molecule has 0 aliphatic carbocycles. The summed E-state index contributed by atoms with van der Waals surface area (Å²) in [6, 6.07) is 5.60. The van der Waals surface area contributed by atoms with E-state index in [4.69, 9.17) is 9.84 Å². The molecule has 0 atom stereocenters. The van der Waals surface area contributed by atoms with Gasteiger partial charge in [-0.1, -0.05) is 18.2 Å². The minimum absolute atomic E-state index is 0.0305. The fourth-order valence-corrected chi connectivity index (χ4v) is 1.37. The lowest BCUT2D eigenvalue weighted by Crippen LogP contribution is -1.98. The van der Waals surface area contributed by atoms with Gasteiger partial charge in [-0.3, -0.25) is 0 Å². The summed E-state index contributed by atoms with van der Waals surface area (Å²) in [4.78, 5) is 11.1. The molecule has 1 rings (SSSR count). The Labute approximate surface area is 95.4 Å². The second-order valence-corrected chi connectivity index (χ2v) is 3.43. The number of ether oxygens (including phenoxy) is 1. The maximum absolute atomic E-state index is 11.1. The Morgan fingerprint density at radius 3 is 2.81 bits per heavy atom. The van der Waals surface area contributed by atoms with Crippen molar-refractivity contribution in [3.05, 3.63) is 41.0 Å². The van der Waals surface area contributed by atoms with Crippen LogP contribution in [0.15, 0.2) is 24.3 Å². The highest BCUT2D eigenvalue weighted by molar-refractivity contribution is 5.87. The van der Waals surface area contributed by atoms with Crippen LogP contribution in [0.25, 0.3) is 6.08 Å². The average Bonchev–Trinajstić information content (AvgIpc) is 2.27. The summed E-state index contributed by atoms with van der Waals surface area (Å²) in [5.41, 5.74) is 2.84. The summed E-state index contributed by atoms with van der Waals surface area (Å²) in [5.74, 6) is -0.340. The first-order chi connectivity index (χ1) is 7.67. The van der Waals surface area contributed by atoms with Crippen molar-refractivity contribution in [2.45, 2.75) is 20.5 Å². The number of aryl methyl sites for hydroxylation is 1. The maximum atomic E-state index is 11.1. The van der Waals surface area contributed by atoms with Crippen LogP contribution in [0.5, 0.6) is 0 Å². The predicted octanol–water partition coefficient (Wildman–Crippen LogP) is 2.06. The Morgan fingerprint density at radius 2 is 2.25 bits per heavy atom. The van der Waals surface area contributed by atoms with Gasteiger partial charge < -0.3 is 9.84 Å². The van der Waals surface area contributed by atoms with E-state index in [0.717, 1.165) is 16.7 Å². The van der Waals surface area contributed by atoms with Gasteiger partial charge in [-0.05, 0) is 36.6 Å². The van der Waals surface area contributed by atoms with E-state index in [-0.39, 0.29) is 12.6 Å². The monoisotopic (exact) mass is 220 g/mol. The lowest BCUT2D eigenvalue weighted by Gasteiger charge is -2.02. The van der Waals surface area contributed by atoms with Gasteiger partial charge in [-0.25, -0.2) is 4.79 Å². The van der Waals surface area contributed by atoms with Crippen molar-refractivity contribution in [3.8, 4) is 0 Å². The predicted molar refractivity (Wildman–Crippen MR) is 62.8 cm³/mol. The van der Waals surface area contributed by atoms with E-state index in [1.165, 1.54) is 6.08 Å². The molecule has 0 saturated heterocycles. The van der Waals surface area contributed by atoms with Crippen molar-refractivity contribution in [2.24, 2.45) is 0 Å². The summed E-state index contributed by atoms with van der Waals surface area (Å²) in [7, 11) is 0. The molecule has 1 aromatic rings. The summed E-state index contributed by atoms with van der Waals surface area (Å²) in [6.07, 6.45) is 3.12. The smallest absolute Gasteiger partial charge is 0.330 e. The van der Waals surface area contributed by atoms with Crippen LogP contribution in [-0.2, 0) is 16.1 Å². The number of aliphatic hydroxyl groups is 1. The van der Waals surface area contributed by atoms with Gasteiger partial charge in [0, 0.05) is 6.08 Å². The van der Waals surface area contributed by atoms with Crippen LogP contribution in [-0.4, -0.2) is 17.7 Å². The molecule has 1 aromatic carbocycles. The number of hydrogen-bond acceptors (Lipinski definition) is 3. The normalized spacial score (nSPS) is 10.7. The molecule has 0 radical (unpaired) electrons. The number of hydrogen-bond donors (Lipinski definition) is 1. The standard InChI is InChI=1S/C13H16O3/c1-3-16-13(15)7-6-12-5-4-11(9-14)8-10(12)2/h4-8,14H,3,9H2,1-2H3. The molecule has 0 spiro atoms. The van der Waals surface area contributed by atoms with Crippen molar-refractivity contribution >= 4 is 12.0 Å². The molecule has 0 amide bonds. The van der Waals surface area contributed by atoms with Gasteiger partial charge in [-0.2, -0.15) is 0 Å². The molecule has 0 fully saturated rings. The van der Waals surface area contributed by atoms with E-state index in [0.29, 0.717) is 6.61 Å². The summed E-state index contributed by atoms with van der Waals surface area (Å²) in [6.45, 7) is 4.12. The van der Waals surface area contributed by atoms with E-state index in [1.54, 1.807) is 13.0 Å². The van der Waals surface area contributed by atoms with Crippen LogP contribution < -0.4 is 0 Å². The molecule has 0 aliphatic heterocycles. The number of aliphatic hydroxyl groups excluding tert-OH is 1. The number of rotatable bonds is 4. The molecule has 0 saturated carbocycles. The fraction of sp³-hybridized carbons (Fsp3) is 0.308. The second-order valence-electron chi connectivity index (χ2n) is 3.43. The molecular weight excluding hydrogens is 204 g/mol. The van der Waals surface area contributed by atoms with Crippen molar-refractivity contribution in [3.63, 3.8) is 0 Å². The largest absolute Gasteiger partial charge is 0.463 e. The Bertz CT molecular complexity index is 394. The molecule has 1 N–H and O–H groups in total. The van der Waals surface area contributed by atoms with Gasteiger partial charge in [0.1, 0.15) is 0 Å². The topological polar surface area (TPSA) is 46.5 Å². The van der Waals surface area contributed by atoms with Crippen LogP contribution in [0, 0.1) is 6.92 Å². The third-order valence-corrected chi connectivity index (χ3v) is 2.20. The van der Waals surface area contributed by atoms with Crippen molar-refractivity contribution < 1.29 is 14.6 Å². The van der Waals surface area contributed by atoms with Gasteiger partial charge in [0.2, 0.25) is 0 Å². The van der Waals surface area contributed by atoms with E-state index < -0.39 is 0 Å². The quantitative estimate of drug-likeness (QED) is 0.624. The maximum Gasteiger partial charge on any atom is 0.330 e. The zero-order chi connectivity index (χ0) is 12.0. The highest BCUT2D eigenvalue weighted by Gasteiger charge is 1.98. The average molecular weight is 220 g/mol. The van der Waals surface area contributed by atoms with Gasteiger partial charge in [-0.15, -0.1) is 0 Å². The van der Waals surface area contributed by atoms with Crippen LogP contribution in [0.1, 0.15) is 23.6 Å². The molecule has 0 heterocycles. The van der Waals surface area contributed by atoms with Crippen LogP contribution in [0.3, 0.4) is 0 Å². The number of benzene rings is 1.